The number of hydrogen-bond donors (Lipinski definition) is 2. The summed E-state index contributed by atoms with van der Waals surface area (Å²) in [6, 6.07) is 0.120. The Morgan fingerprint density at radius 3 is 2.58 bits per heavy atom. The monoisotopic (exact) mass is 175 g/mol. The standard InChI is InChI=1S/C8H17NO3/c1-6(5-10)7(2)9-4-8(11)12-3/h6-7,9-10H,4-5H2,1-3H3. The number of ether oxygens (including phenoxy) is 1. The van der Waals surface area contributed by atoms with Crippen LogP contribution in [-0.4, -0.2) is 37.4 Å². The second-order valence-corrected chi connectivity index (χ2v) is 2.91. The van der Waals surface area contributed by atoms with E-state index in [-0.39, 0.29) is 31.1 Å². The van der Waals surface area contributed by atoms with Gasteiger partial charge in [0.15, 0.2) is 0 Å². The summed E-state index contributed by atoms with van der Waals surface area (Å²) in [5.41, 5.74) is 0. The third-order valence-corrected chi connectivity index (χ3v) is 1.94. The van der Waals surface area contributed by atoms with Crippen LogP contribution in [0.1, 0.15) is 13.8 Å². The van der Waals surface area contributed by atoms with E-state index in [0.29, 0.717) is 0 Å². The minimum Gasteiger partial charge on any atom is -0.468 e. The average Bonchev–Trinajstić information content (AvgIpc) is 2.11. The topological polar surface area (TPSA) is 58.6 Å². The number of esters is 1. The van der Waals surface area contributed by atoms with Crippen molar-refractivity contribution >= 4 is 5.97 Å². The molecule has 2 atom stereocenters. The van der Waals surface area contributed by atoms with Gasteiger partial charge in [-0.05, 0) is 12.8 Å². The van der Waals surface area contributed by atoms with Crippen LogP contribution in [0.15, 0.2) is 0 Å². The molecule has 0 heterocycles. The molecule has 72 valence electrons. The molecule has 0 aromatic carbocycles. The van der Waals surface area contributed by atoms with Crippen molar-refractivity contribution in [3.63, 3.8) is 0 Å². The van der Waals surface area contributed by atoms with E-state index < -0.39 is 0 Å². The molecule has 0 radical (unpaired) electrons. The van der Waals surface area contributed by atoms with E-state index in [4.69, 9.17) is 5.11 Å². The zero-order chi connectivity index (χ0) is 9.56. The van der Waals surface area contributed by atoms with Gasteiger partial charge in [0, 0.05) is 12.6 Å². The summed E-state index contributed by atoms with van der Waals surface area (Å²) in [5, 5.41) is 11.7. The smallest absolute Gasteiger partial charge is 0.319 e. The van der Waals surface area contributed by atoms with Crippen LogP contribution < -0.4 is 5.32 Å². The number of hydrogen-bond acceptors (Lipinski definition) is 4. The first-order valence-corrected chi connectivity index (χ1v) is 4.02. The number of carbonyl (C=O) groups excluding carboxylic acids is 1. The highest BCUT2D eigenvalue weighted by atomic mass is 16.5. The molecule has 0 fully saturated rings. The fraction of sp³-hybridized carbons (Fsp3) is 0.875. The van der Waals surface area contributed by atoms with E-state index in [1.54, 1.807) is 0 Å². The van der Waals surface area contributed by atoms with E-state index in [0.717, 1.165) is 0 Å². The third kappa shape index (κ3) is 4.31. The predicted octanol–water partition coefficient (Wildman–Crippen LogP) is -0.234. The lowest BCUT2D eigenvalue weighted by Crippen LogP contribution is -2.37. The van der Waals surface area contributed by atoms with Gasteiger partial charge in [-0.25, -0.2) is 0 Å². The van der Waals surface area contributed by atoms with Gasteiger partial charge in [0.05, 0.1) is 13.7 Å². The Morgan fingerprint density at radius 1 is 1.58 bits per heavy atom. The highest BCUT2D eigenvalue weighted by Gasteiger charge is 2.11. The number of rotatable bonds is 5. The molecule has 0 spiro atoms. The number of aliphatic hydroxyl groups excluding tert-OH is 1. The van der Waals surface area contributed by atoms with Gasteiger partial charge in [-0.3, -0.25) is 4.79 Å². The molecule has 2 N–H and O–H groups in total. The lowest BCUT2D eigenvalue weighted by atomic mass is 10.1. The van der Waals surface area contributed by atoms with Crippen LogP contribution in [0.3, 0.4) is 0 Å². The van der Waals surface area contributed by atoms with Gasteiger partial charge < -0.3 is 15.2 Å². The second-order valence-electron chi connectivity index (χ2n) is 2.91. The molecule has 0 saturated heterocycles. The zero-order valence-corrected chi connectivity index (χ0v) is 7.83. The molecule has 0 rings (SSSR count). The molecule has 12 heavy (non-hydrogen) atoms. The lowest BCUT2D eigenvalue weighted by molar-refractivity contribution is -0.139. The SMILES string of the molecule is COC(=O)CNC(C)C(C)CO. The predicted molar refractivity (Wildman–Crippen MR) is 45.7 cm³/mol. The van der Waals surface area contributed by atoms with Crippen LogP contribution in [0.4, 0.5) is 0 Å². The van der Waals surface area contributed by atoms with E-state index in [1.807, 2.05) is 13.8 Å². The summed E-state index contributed by atoms with van der Waals surface area (Å²) in [4.78, 5) is 10.7. The van der Waals surface area contributed by atoms with Crippen molar-refractivity contribution in [3.05, 3.63) is 0 Å². The van der Waals surface area contributed by atoms with E-state index in [2.05, 4.69) is 10.1 Å². The quantitative estimate of drug-likeness (QED) is 0.566. The molecule has 0 aromatic rings. The first-order chi connectivity index (χ1) is 5.61. The molecule has 0 saturated carbocycles. The van der Waals surface area contributed by atoms with Gasteiger partial charge >= 0.3 is 5.97 Å². The Balaban J connectivity index is 3.56. The normalized spacial score (nSPS) is 15.3. The van der Waals surface area contributed by atoms with Gasteiger partial charge in [0.25, 0.3) is 0 Å². The minimum atomic E-state index is -0.285. The molecule has 4 heteroatoms. The summed E-state index contributed by atoms with van der Waals surface area (Å²) in [5.74, 6) is -0.137. The van der Waals surface area contributed by atoms with E-state index in [1.165, 1.54) is 7.11 Å². The fourth-order valence-corrected chi connectivity index (χ4v) is 0.676. The Morgan fingerprint density at radius 2 is 2.17 bits per heavy atom. The third-order valence-electron chi connectivity index (χ3n) is 1.94. The maximum absolute atomic E-state index is 10.7. The van der Waals surface area contributed by atoms with Crippen LogP contribution in [0, 0.1) is 5.92 Å². The Hall–Kier alpha value is -0.610. The van der Waals surface area contributed by atoms with Gasteiger partial charge in [-0.2, -0.15) is 0 Å². The number of aliphatic hydroxyl groups is 1. The van der Waals surface area contributed by atoms with Crippen molar-refractivity contribution in [3.8, 4) is 0 Å². The van der Waals surface area contributed by atoms with Crippen LogP contribution in [0.5, 0.6) is 0 Å². The van der Waals surface area contributed by atoms with Crippen molar-refractivity contribution < 1.29 is 14.6 Å². The van der Waals surface area contributed by atoms with Crippen molar-refractivity contribution in [2.75, 3.05) is 20.3 Å². The largest absolute Gasteiger partial charge is 0.468 e. The molecule has 4 nitrogen and oxygen atoms in total. The zero-order valence-electron chi connectivity index (χ0n) is 7.83. The molecule has 0 bridgehead atoms. The summed E-state index contributed by atoms with van der Waals surface area (Å²) in [7, 11) is 1.35. The molecule has 0 aromatic heterocycles. The van der Waals surface area contributed by atoms with E-state index >= 15 is 0 Å². The van der Waals surface area contributed by atoms with Gasteiger partial charge in [-0.1, -0.05) is 6.92 Å². The van der Waals surface area contributed by atoms with Crippen LogP contribution in [0.25, 0.3) is 0 Å². The molecular weight excluding hydrogens is 158 g/mol. The molecular formula is C8H17NO3. The maximum atomic E-state index is 10.7. The van der Waals surface area contributed by atoms with Gasteiger partial charge in [0.1, 0.15) is 0 Å². The van der Waals surface area contributed by atoms with Crippen molar-refractivity contribution in [1.29, 1.82) is 0 Å². The second kappa shape index (κ2) is 5.97. The number of nitrogens with one attached hydrogen (secondary N) is 1. The molecule has 0 amide bonds. The van der Waals surface area contributed by atoms with Crippen molar-refractivity contribution in [2.45, 2.75) is 19.9 Å². The molecule has 2 unspecified atom stereocenters. The maximum Gasteiger partial charge on any atom is 0.319 e. The van der Waals surface area contributed by atoms with Gasteiger partial charge in [0.2, 0.25) is 0 Å². The molecule has 0 aliphatic carbocycles. The summed E-state index contributed by atoms with van der Waals surface area (Å²) in [6.07, 6.45) is 0. The van der Waals surface area contributed by atoms with Crippen LogP contribution >= 0.6 is 0 Å². The summed E-state index contributed by atoms with van der Waals surface area (Å²) < 4.78 is 4.45. The van der Waals surface area contributed by atoms with Crippen molar-refractivity contribution in [1.82, 2.24) is 5.32 Å². The fourth-order valence-electron chi connectivity index (χ4n) is 0.676. The first kappa shape index (κ1) is 11.4. The Kier molecular flexibility index (Phi) is 5.66. The summed E-state index contributed by atoms with van der Waals surface area (Å²) >= 11 is 0. The highest BCUT2D eigenvalue weighted by molar-refractivity contribution is 5.71. The van der Waals surface area contributed by atoms with Crippen LogP contribution in [0.2, 0.25) is 0 Å². The van der Waals surface area contributed by atoms with E-state index in [9.17, 15) is 4.79 Å². The number of methoxy groups -OCH3 is 1. The molecule has 0 aliphatic heterocycles. The Labute approximate surface area is 72.9 Å². The minimum absolute atomic E-state index is 0.120. The average molecular weight is 175 g/mol. The molecule has 0 aliphatic rings. The van der Waals surface area contributed by atoms with Gasteiger partial charge in [-0.15, -0.1) is 0 Å². The Bertz CT molecular complexity index is 138. The summed E-state index contributed by atoms with van der Waals surface area (Å²) in [6.45, 7) is 4.15. The number of carbonyl (C=O) groups is 1. The first-order valence-electron chi connectivity index (χ1n) is 4.02. The van der Waals surface area contributed by atoms with Crippen molar-refractivity contribution in [2.24, 2.45) is 5.92 Å². The highest BCUT2D eigenvalue weighted by Crippen LogP contribution is 1.99. The lowest BCUT2D eigenvalue weighted by Gasteiger charge is -2.18. The van der Waals surface area contributed by atoms with Crippen LogP contribution in [-0.2, 0) is 9.53 Å².